The zero-order valence-corrected chi connectivity index (χ0v) is 16.9. The molecule has 0 bridgehead atoms. The zero-order valence-electron chi connectivity index (χ0n) is 13.0. The molecule has 0 rings (SSSR count). The molecule has 0 fully saturated rings. The van der Waals surface area contributed by atoms with Gasteiger partial charge in [0.25, 0.3) is 0 Å². The van der Waals surface area contributed by atoms with Gasteiger partial charge in [-0.25, -0.2) is 0 Å². The molecule has 0 spiro atoms. The molecule has 0 aromatic rings. The fourth-order valence-corrected chi connectivity index (χ4v) is 53.7. The molecule has 0 saturated carbocycles. The van der Waals surface area contributed by atoms with Crippen molar-refractivity contribution in [1.82, 2.24) is 0 Å². The second kappa shape index (κ2) is 7.88. The standard InChI is InChI=1S/C12H29AsO3Si2/c1-15-11-9-8-10-12(14)16-13(17(2,3)4)18(5,6)7/h8-11H2,1-7H3. The summed E-state index contributed by atoms with van der Waals surface area (Å²) in [6, 6.07) is 0. The van der Waals surface area contributed by atoms with Crippen LogP contribution in [0, 0.1) is 0 Å². The summed E-state index contributed by atoms with van der Waals surface area (Å²) in [7, 11) is 1.69. The average Bonchev–Trinajstić information content (AvgIpc) is 2.18. The van der Waals surface area contributed by atoms with Crippen LogP contribution in [0.3, 0.4) is 0 Å². The van der Waals surface area contributed by atoms with Crippen LogP contribution in [0.1, 0.15) is 19.3 Å². The van der Waals surface area contributed by atoms with Crippen molar-refractivity contribution in [3.63, 3.8) is 0 Å². The van der Waals surface area contributed by atoms with Gasteiger partial charge in [0.2, 0.25) is 0 Å². The Morgan fingerprint density at radius 2 is 1.50 bits per heavy atom. The Kier molecular flexibility index (Phi) is 8.06. The van der Waals surface area contributed by atoms with Gasteiger partial charge < -0.3 is 0 Å². The van der Waals surface area contributed by atoms with Crippen molar-refractivity contribution in [2.24, 2.45) is 0 Å². The maximum atomic E-state index is 11.9. The van der Waals surface area contributed by atoms with Gasteiger partial charge in [-0.1, -0.05) is 0 Å². The minimum atomic E-state index is -1.41. The number of carbonyl (C=O) groups is 1. The van der Waals surface area contributed by atoms with Crippen LogP contribution in [0.4, 0.5) is 0 Å². The Bertz CT molecular complexity index is 245. The average molecular weight is 352 g/mol. The SMILES string of the molecule is COCCCCC(=O)O[As]([Si](C)(C)C)[Si](C)(C)C. The molecule has 0 saturated heterocycles. The predicted molar refractivity (Wildman–Crippen MR) is 84.3 cm³/mol. The van der Waals surface area contributed by atoms with Crippen LogP contribution in [0.25, 0.3) is 0 Å². The molecule has 3 nitrogen and oxygen atoms in total. The Balaban J connectivity index is 4.30. The number of carbonyl (C=O) groups excluding carboxylic acids is 1. The molecule has 0 unspecified atom stereocenters. The number of hydrogen-bond donors (Lipinski definition) is 0. The van der Waals surface area contributed by atoms with E-state index in [1.807, 2.05) is 0 Å². The fourth-order valence-electron chi connectivity index (χ4n) is 1.94. The van der Waals surface area contributed by atoms with Crippen molar-refractivity contribution in [3.05, 3.63) is 0 Å². The van der Waals surface area contributed by atoms with Crippen molar-refractivity contribution in [2.45, 2.75) is 58.5 Å². The number of methoxy groups -OCH3 is 1. The van der Waals surface area contributed by atoms with E-state index in [-0.39, 0.29) is 5.97 Å². The van der Waals surface area contributed by atoms with Crippen LogP contribution in [0.15, 0.2) is 0 Å². The first-order valence-electron chi connectivity index (χ1n) is 6.59. The Hall–Kier alpha value is 0.422. The summed E-state index contributed by atoms with van der Waals surface area (Å²) in [6.45, 7) is 12.2. The van der Waals surface area contributed by atoms with E-state index in [9.17, 15) is 4.79 Å². The monoisotopic (exact) mass is 352 g/mol. The molecule has 0 N–H and O–H groups in total. The molecule has 0 heterocycles. The van der Waals surface area contributed by atoms with Crippen LogP contribution < -0.4 is 0 Å². The molecule has 0 aromatic carbocycles. The van der Waals surface area contributed by atoms with E-state index in [1.165, 1.54) is 0 Å². The summed E-state index contributed by atoms with van der Waals surface area (Å²) < 4.78 is 10.9. The van der Waals surface area contributed by atoms with Crippen molar-refractivity contribution in [3.8, 4) is 0 Å². The third kappa shape index (κ3) is 7.77. The molecule has 0 aliphatic heterocycles. The van der Waals surface area contributed by atoms with Crippen LogP contribution in [-0.2, 0) is 13.3 Å². The molecular weight excluding hydrogens is 323 g/mol. The molecule has 0 amide bonds. The summed E-state index contributed by atoms with van der Waals surface area (Å²) in [4.78, 5) is 11.9. The van der Waals surface area contributed by atoms with E-state index in [1.54, 1.807) is 7.11 Å². The van der Waals surface area contributed by atoms with E-state index in [0.717, 1.165) is 19.4 Å². The molecule has 0 atom stereocenters. The van der Waals surface area contributed by atoms with Gasteiger partial charge in [-0.3, -0.25) is 0 Å². The number of unbranched alkanes of at least 4 members (excludes halogenated alkanes) is 1. The van der Waals surface area contributed by atoms with Gasteiger partial charge in [0.05, 0.1) is 0 Å². The molecule has 0 aliphatic rings. The van der Waals surface area contributed by atoms with Crippen LogP contribution >= 0.6 is 0 Å². The number of hydrogen-bond acceptors (Lipinski definition) is 3. The molecule has 6 heteroatoms. The molecule has 0 aromatic heterocycles. The van der Waals surface area contributed by atoms with Crippen molar-refractivity contribution >= 4 is 32.7 Å². The Labute approximate surface area is 118 Å². The van der Waals surface area contributed by atoms with E-state index >= 15 is 0 Å². The molecule has 0 radical (unpaired) electrons. The summed E-state index contributed by atoms with van der Waals surface area (Å²) in [6.07, 6.45) is 2.38. The third-order valence-corrected chi connectivity index (χ3v) is 42.8. The van der Waals surface area contributed by atoms with Gasteiger partial charge in [-0.2, -0.15) is 0 Å². The van der Waals surface area contributed by atoms with Gasteiger partial charge >= 0.3 is 118 Å². The van der Waals surface area contributed by atoms with Crippen LogP contribution in [-0.4, -0.2) is 46.4 Å². The first kappa shape index (κ1) is 18.4. The third-order valence-electron chi connectivity index (χ3n) is 2.39. The normalized spacial score (nSPS) is 12.9. The van der Waals surface area contributed by atoms with Crippen LogP contribution in [0.5, 0.6) is 0 Å². The molecular formula is C12H29AsO3Si2. The van der Waals surface area contributed by atoms with E-state index in [4.69, 9.17) is 8.46 Å². The first-order chi connectivity index (χ1) is 8.09. The maximum absolute atomic E-state index is 11.9. The topological polar surface area (TPSA) is 35.5 Å². The second-order valence-electron chi connectivity index (χ2n) is 6.55. The summed E-state index contributed by atoms with van der Waals surface area (Å²) in [5.41, 5.74) is 0. The Morgan fingerprint density at radius 3 is 1.89 bits per heavy atom. The fraction of sp³-hybridized carbons (Fsp3) is 0.917. The van der Waals surface area contributed by atoms with Crippen LogP contribution in [0.2, 0.25) is 39.3 Å². The van der Waals surface area contributed by atoms with Gasteiger partial charge in [0.1, 0.15) is 0 Å². The van der Waals surface area contributed by atoms with Gasteiger partial charge in [0, 0.05) is 0 Å². The Morgan fingerprint density at radius 1 is 1.00 bits per heavy atom. The van der Waals surface area contributed by atoms with Crippen molar-refractivity contribution in [2.75, 3.05) is 13.7 Å². The number of rotatable bonds is 8. The van der Waals surface area contributed by atoms with Crippen molar-refractivity contribution in [1.29, 1.82) is 0 Å². The minimum absolute atomic E-state index is 0.0379. The second-order valence-corrected chi connectivity index (χ2v) is 40.3. The zero-order chi connectivity index (χ0) is 14.4. The number of ether oxygens (including phenoxy) is 1. The molecule has 18 heavy (non-hydrogen) atoms. The van der Waals surface area contributed by atoms with Gasteiger partial charge in [-0.15, -0.1) is 0 Å². The quantitative estimate of drug-likeness (QED) is 0.497. The molecule has 108 valence electrons. The van der Waals surface area contributed by atoms with E-state index in [2.05, 4.69) is 39.3 Å². The summed E-state index contributed by atoms with van der Waals surface area (Å²) >= 11 is -1.41. The summed E-state index contributed by atoms with van der Waals surface area (Å²) in [5.74, 6) is 0.0379. The summed E-state index contributed by atoms with van der Waals surface area (Å²) in [5, 5.41) is 0. The van der Waals surface area contributed by atoms with Crippen molar-refractivity contribution < 1.29 is 13.3 Å². The first-order valence-corrected chi connectivity index (χ1v) is 19.9. The van der Waals surface area contributed by atoms with E-state index < -0.39 is 26.8 Å². The van der Waals surface area contributed by atoms with E-state index in [0.29, 0.717) is 6.42 Å². The van der Waals surface area contributed by atoms with Gasteiger partial charge in [0.15, 0.2) is 0 Å². The molecule has 0 aliphatic carbocycles. The predicted octanol–water partition coefficient (Wildman–Crippen LogP) is 3.17. The van der Waals surface area contributed by atoms with Gasteiger partial charge in [-0.05, 0) is 0 Å².